The molecule has 4 N–H and O–H groups in total. The van der Waals surface area contributed by atoms with Crippen molar-refractivity contribution in [2.75, 3.05) is 34.8 Å². The summed E-state index contributed by atoms with van der Waals surface area (Å²) in [5.74, 6) is -2.98. The Morgan fingerprint density at radius 2 is 1.62 bits per heavy atom. The number of carbonyl (C=O) groups excluding carboxylic acids is 1. The molecule has 3 aliphatic rings. The maximum Gasteiger partial charge on any atom is 0.311 e. The Labute approximate surface area is 326 Å². The minimum atomic E-state index is -2.03. The number of hydrogen-bond donors (Lipinski definition) is 4. The molecule has 0 bridgehead atoms. The average molecular weight is 794 g/mol. The Bertz CT molecular complexity index is 1260. The van der Waals surface area contributed by atoms with Crippen LogP contribution in [-0.4, -0.2) is 166 Å². The summed E-state index contributed by atoms with van der Waals surface area (Å²) in [5.41, 5.74) is -4.73. The van der Waals surface area contributed by atoms with Gasteiger partial charge in [0.2, 0.25) is 0 Å². The van der Waals surface area contributed by atoms with Gasteiger partial charge >= 0.3 is 5.97 Å². The number of carbonyl (C=O) groups is 1. The molecule has 0 radical (unpaired) electrons. The number of hydrogen-bond acceptors (Lipinski definition) is 16. The molecule has 0 unspecified atom stereocenters. The second-order valence-electron chi connectivity index (χ2n) is 17.5. The molecule has 0 amide bonds. The number of methoxy groups -OCH3 is 1. The molecular formula is C38H71N3O14. The normalized spacial score (nSPS) is 47.4. The number of aliphatic hydroxyl groups is 4. The number of rotatable bonds is 9. The fourth-order valence-corrected chi connectivity index (χ4v) is 9.01. The van der Waals surface area contributed by atoms with Crippen LogP contribution in [0.2, 0.25) is 0 Å². The van der Waals surface area contributed by atoms with Gasteiger partial charge in [-0.1, -0.05) is 20.8 Å². The predicted octanol–water partition coefficient (Wildman–Crippen LogP) is 2.12. The van der Waals surface area contributed by atoms with Crippen LogP contribution in [0, 0.1) is 27.9 Å². The molecule has 3 saturated heterocycles. The third kappa shape index (κ3) is 11.0. The van der Waals surface area contributed by atoms with Gasteiger partial charge in [-0.15, -0.1) is 10.1 Å². The van der Waals surface area contributed by atoms with Gasteiger partial charge in [0.25, 0.3) is 5.09 Å². The van der Waals surface area contributed by atoms with E-state index in [2.05, 4.69) is 0 Å². The monoisotopic (exact) mass is 793 g/mol. The van der Waals surface area contributed by atoms with Crippen molar-refractivity contribution in [3.63, 3.8) is 0 Å². The Morgan fingerprint density at radius 1 is 1.00 bits per heavy atom. The van der Waals surface area contributed by atoms with E-state index in [0.29, 0.717) is 13.0 Å². The van der Waals surface area contributed by atoms with Crippen LogP contribution >= 0.6 is 0 Å². The smallest absolute Gasteiger partial charge is 0.311 e. The average Bonchev–Trinajstić information content (AvgIpc) is 3.08. The van der Waals surface area contributed by atoms with Crippen molar-refractivity contribution in [3.8, 4) is 0 Å². The van der Waals surface area contributed by atoms with E-state index in [4.69, 9.17) is 33.3 Å². The topological polar surface area (TPSA) is 212 Å². The largest absolute Gasteiger partial charge is 0.459 e. The number of cyclic esters (lactones) is 1. The van der Waals surface area contributed by atoms with Crippen LogP contribution in [0.4, 0.5) is 0 Å². The molecular weight excluding hydrogens is 722 g/mol. The Kier molecular flexibility index (Phi) is 16.3. The molecule has 0 saturated carbocycles. The molecule has 0 spiro atoms. The van der Waals surface area contributed by atoms with Gasteiger partial charge in [0.05, 0.1) is 41.5 Å². The molecule has 17 nitrogen and oxygen atoms in total. The van der Waals surface area contributed by atoms with Crippen molar-refractivity contribution < 1.29 is 63.6 Å². The van der Waals surface area contributed by atoms with Crippen LogP contribution in [0.1, 0.15) is 94.9 Å². The molecule has 0 aromatic rings. The first-order chi connectivity index (χ1) is 25.3. The number of likely N-dealkylation sites (N-methyl/N-ethyl adjacent to an activating group) is 2. The van der Waals surface area contributed by atoms with Gasteiger partial charge in [-0.05, 0) is 94.8 Å². The van der Waals surface area contributed by atoms with Crippen LogP contribution in [0.15, 0.2) is 0 Å². The lowest BCUT2D eigenvalue weighted by atomic mass is 9.77. The van der Waals surface area contributed by atoms with E-state index in [9.17, 15) is 35.3 Å². The van der Waals surface area contributed by atoms with Crippen molar-refractivity contribution in [1.29, 1.82) is 0 Å². The second-order valence-corrected chi connectivity index (χ2v) is 17.5. The molecule has 3 fully saturated rings. The summed E-state index contributed by atoms with van der Waals surface area (Å²) in [5, 5.41) is 57.8. The van der Waals surface area contributed by atoms with Gasteiger partial charge in [0.1, 0.15) is 23.9 Å². The van der Waals surface area contributed by atoms with Gasteiger partial charge in [0.15, 0.2) is 18.7 Å². The maximum atomic E-state index is 14.3. The van der Waals surface area contributed by atoms with Crippen molar-refractivity contribution in [3.05, 3.63) is 10.1 Å². The molecule has 0 aromatic carbocycles. The third-order valence-electron chi connectivity index (χ3n) is 12.4. The van der Waals surface area contributed by atoms with Crippen molar-refractivity contribution in [2.45, 2.75) is 185 Å². The first-order valence-electron chi connectivity index (χ1n) is 19.7. The summed E-state index contributed by atoms with van der Waals surface area (Å²) in [7, 11) is 6.94. The van der Waals surface area contributed by atoms with E-state index in [1.54, 1.807) is 60.4 Å². The van der Waals surface area contributed by atoms with Crippen molar-refractivity contribution in [1.82, 2.24) is 9.80 Å². The van der Waals surface area contributed by atoms with Gasteiger partial charge in [-0.3, -0.25) is 4.79 Å². The Morgan fingerprint density at radius 3 is 2.16 bits per heavy atom. The standard InChI is InChI=1S/C38H71N3O14/c1-15-27-38(10,46)33(55-41(47)48)24(6)40(13)19-20(2)17-36(8,45)32(54-35-29(42)26(39(11)12)16-21(3)50-35)22(4)30(23(5)34(44)52-27)53-28-18-37(9,49-14)31(43)25(7)51-28/h20-33,35,42-43,45-46H,15-19H2,1-14H3/t20-,21-,22+,23-,24-,25+,26+,27-,28+,29-,30+,31+,32-,33-,35+,36-,37-,38-/m1/s1. The van der Waals surface area contributed by atoms with E-state index in [0.717, 1.165) is 0 Å². The maximum absolute atomic E-state index is 14.3. The third-order valence-corrected chi connectivity index (χ3v) is 12.4. The molecule has 322 valence electrons. The molecule has 0 aliphatic carbocycles. The predicted molar refractivity (Wildman–Crippen MR) is 200 cm³/mol. The lowest BCUT2D eigenvalue weighted by molar-refractivity contribution is -0.774. The first kappa shape index (κ1) is 47.6. The lowest BCUT2D eigenvalue weighted by Crippen LogP contribution is -2.60. The van der Waals surface area contributed by atoms with Crippen LogP contribution < -0.4 is 0 Å². The summed E-state index contributed by atoms with van der Waals surface area (Å²) < 4.78 is 37.5. The van der Waals surface area contributed by atoms with E-state index in [-0.39, 0.29) is 37.3 Å². The fraction of sp³-hybridized carbons (Fsp3) is 0.974. The van der Waals surface area contributed by atoms with Crippen LogP contribution in [0.3, 0.4) is 0 Å². The van der Waals surface area contributed by atoms with Crippen LogP contribution in [0.5, 0.6) is 0 Å². The summed E-state index contributed by atoms with van der Waals surface area (Å²) in [6.45, 7) is 17.3. The van der Waals surface area contributed by atoms with Gasteiger partial charge < -0.3 is 63.5 Å². The zero-order valence-corrected chi connectivity index (χ0v) is 35.4. The zero-order chi connectivity index (χ0) is 42.0. The Balaban J connectivity index is 2.21. The van der Waals surface area contributed by atoms with Crippen LogP contribution in [-0.2, 0) is 38.1 Å². The molecule has 17 heteroatoms. The minimum Gasteiger partial charge on any atom is -0.459 e. The van der Waals surface area contributed by atoms with Crippen LogP contribution in [0.25, 0.3) is 0 Å². The summed E-state index contributed by atoms with van der Waals surface area (Å²) in [6, 6.07) is -1.06. The number of nitrogens with zero attached hydrogens (tertiary/aromatic N) is 3. The minimum absolute atomic E-state index is 0.0852. The highest BCUT2D eigenvalue weighted by molar-refractivity contribution is 5.73. The molecule has 3 rings (SSSR count). The summed E-state index contributed by atoms with van der Waals surface area (Å²) in [6.07, 6.45) is -9.27. The highest BCUT2D eigenvalue weighted by Crippen LogP contribution is 2.40. The van der Waals surface area contributed by atoms with Gasteiger partial charge in [0, 0.05) is 38.1 Å². The summed E-state index contributed by atoms with van der Waals surface area (Å²) in [4.78, 5) is 34.9. The van der Waals surface area contributed by atoms with Gasteiger partial charge in [-0.25, -0.2) is 0 Å². The van der Waals surface area contributed by atoms with Gasteiger partial charge in [-0.2, -0.15) is 0 Å². The van der Waals surface area contributed by atoms with E-state index < -0.39 is 101 Å². The SMILES string of the molecule is CC[C@H]1OC(=O)[C@H](C)[C@@H](O[C@H]2C[C@@](C)(OC)[C@@H](O)[C@H](C)O2)[C@H](C)[C@@H](O[C@@H]2O[C@H](C)C[C@H](N(C)C)[C@H]2O)[C@](C)(O)C[C@@H](C)CN(C)[C@H](C)[C@@H](O[N+](=O)[O-])[C@]1(C)O. The van der Waals surface area contributed by atoms with Crippen molar-refractivity contribution >= 4 is 5.97 Å². The molecule has 18 atom stereocenters. The van der Waals surface area contributed by atoms with E-state index in [1.807, 2.05) is 32.8 Å². The first-order valence-corrected chi connectivity index (χ1v) is 19.7. The number of aliphatic hydroxyl groups excluding tert-OH is 2. The summed E-state index contributed by atoms with van der Waals surface area (Å²) >= 11 is 0. The second kappa shape index (κ2) is 18.9. The number of esters is 1. The zero-order valence-electron chi connectivity index (χ0n) is 35.4. The molecule has 3 aliphatic heterocycles. The fourth-order valence-electron chi connectivity index (χ4n) is 9.01. The quantitative estimate of drug-likeness (QED) is 0.150. The molecule has 3 heterocycles. The lowest BCUT2D eigenvalue weighted by Gasteiger charge is -2.48. The number of ether oxygens (including phenoxy) is 6. The highest BCUT2D eigenvalue weighted by atomic mass is 17.0. The molecule has 55 heavy (non-hydrogen) atoms. The van der Waals surface area contributed by atoms with E-state index >= 15 is 0 Å². The Hall–Kier alpha value is -1.77. The highest BCUT2D eigenvalue weighted by Gasteiger charge is 2.53. The van der Waals surface area contributed by atoms with E-state index in [1.165, 1.54) is 14.0 Å². The van der Waals surface area contributed by atoms with Crippen molar-refractivity contribution in [2.24, 2.45) is 17.8 Å². The molecule has 0 aromatic heterocycles.